The van der Waals surface area contributed by atoms with E-state index in [2.05, 4.69) is 18.7 Å². The lowest BCUT2D eigenvalue weighted by Gasteiger charge is -2.16. The van der Waals surface area contributed by atoms with Gasteiger partial charge in [0.15, 0.2) is 0 Å². The number of thiol groups is 1. The standard InChI is InChI=1S/C6H18NO3PS/c1-3-7(4-2)5-6-12-11(8,9)10/h8-10,12H,3-6H2,1-2H3. The van der Waals surface area contributed by atoms with Crippen molar-refractivity contribution in [1.82, 2.24) is 4.90 Å². The number of hydrogen-bond donors (Lipinski definition) is 4. The van der Waals surface area contributed by atoms with E-state index in [-0.39, 0.29) is 0 Å². The molecule has 0 radical (unpaired) electrons. The largest absolute Gasteiger partial charge is 0.329 e. The molecule has 0 bridgehead atoms. The Hall–Kier alpha value is 0.620. The molecule has 0 heterocycles. The first-order valence-electron chi connectivity index (χ1n) is 3.98. The molecule has 0 amide bonds. The average molecular weight is 215 g/mol. The molecule has 0 aromatic rings. The van der Waals surface area contributed by atoms with Crippen molar-refractivity contribution in [2.75, 3.05) is 25.4 Å². The Morgan fingerprint density at radius 2 is 1.67 bits per heavy atom. The van der Waals surface area contributed by atoms with Crippen LogP contribution in [0.2, 0.25) is 0 Å². The highest BCUT2D eigenvalue weighted by Gasteiger charge is 2.01. The van der Waals surface area contributed by atoms with Gasteiger partial charge in [-0.3, -0.25) is 0 Å². The van der Waals surface area contributed by atoms with Crippen LogP contribution in [0.15, 0.2) is 0 Å². The number of rotatable bonds is 5. The molecule has 0 aromatic carbocycles. The summed E-state index contributed by atoms with van der Waals surface area (Å²) in [6, 6.07) is 0. The Balaban J connectivity index is 3.69. The molecular formula is C6H18NO3PS. The summed E-state index contributed by atoms with van der Waals surface area (Å²) in [6.45, 7) is 3.28. The Kier molecular flexibility index (Phi) is 6.45. The molecule has 0 atom stereocenters. The molecule has 76 valence electrons. The third-order valence-electron chi connectivity index (χ3n) is 1.60. The topological polar surface area (TPSA) is 63.9 Å². The molecule has 0 unspecified atom stereocenters. The van der Waals surface area contributed by atoms with Gasteiger partial charge in [-0.15, -0.1) is 10.9 Å². The summed E-state index contributed by atoms with van der Waals surface area (Å²) in [7, 11) is 0.353. The second kappa shape index (κ2) is 6.13. The minimum atomic E-state index is -3.55. The van der Waals surface area contributed by atoms with E-state index in [1.165, 1.54) is 0 Å². The summed E-state index contributed by atoms with van der Waals surface area (Å²) >= 11 is 0. The molecule has 0 aliphatic rings. The van der Waals surface area contributed by atoms with E-state index in [1.807, 2.05) is 0 Å². The maximum atomic E-state index is 8.67. The van der Waals surface area contributed by atoms with Gasteiger partial charge in [0.25, 0.3) is 6.72 Å². The Morgan fingerprint density at radius 1 is 1.17 bits per heavy atom. The van der Waals surface area contributed by atoms with Gasteiger partial charge in [-0.1, -0.05) is 13.8 Å². The molecule has 4 nitrogen and oxygen atoms in total. The van der Waals surface area contributed by atoms with Gasteiger partial charge in [-0.25, -0.2) is 0 Å². The lowest BCUT2D eigenvalue weighted by molar-refractivity contribution is 0.323. The fourth-order valence-corrected chi connectivity index (χ4v) is 2.57. The van der Waals surface area contributed by atoms with Crippen LogP contribution in [0, 0.1) is 0 Å². The average Bonchev–Trinajstić information content (AvgIpc) is 1.96. The van der Waals surface area contributed by atoms with Crippen LogP contribution in [0.1, 0.15) is 13.8 Å². The van der Waals surface area contributed by atoms with Gasteiger partial charge in [-0.05, 0) is 13.1 Å². The van der Waals surface area contributed by atoms with E-state index < -0.39 is 6.72 Å². The predicted octanol–water partition coefficient (Wildman–Crippen LogP) is -0.202. The second-order valence-electron chi connectivity index (χ2n) is 2.43. The molecule has 0 rings (SSSR count). The van der Waals surface area contributed by atoms with Crippen LogP contribution in [-0.2, 0) is 10.9 Å². The van der Waals surface area contributed by atoms with Crippen molar-refractivity contribution in [3.05, 3.63) is 0 Å². The van der Waals surface area contributed by atoms with Crippen LogP contribution < -0.4 is 0 Å². The highest BCUT2D eigenvalue weighted by atomic mass is 32.5. The van der Waals surface area contributed by atoms with Gasteiger partial charge in [0.05, 0.1) is 0 Å². The number of nitrogens with zero attached hydrogens (tertiary/aromatic N) is 1. The summed E-state index contributed by atoms with van der Waals surface area (Å²) in [5, 5.41) is 0. The first-order valence-corrected chi connectivity index (χ1v) is 7.41. The van der Waals surface area contributed by atoms with Crippen LogP contribution in [0.3, 0.4) is 0 Å². The zero-order valence-electron chi connectivity index (χ0n) is 7.51. The van der Waals surface area contributed by atoms with Crippen molar-refractivity contribution < 1.29 is 14.7 Å². The van der Waals surface area contributed by atoms with Crippen LogP contribution >= 0.6 is 6.72 Å². The third-order valence-corrected chi connectivity index (χ3v) is 4.12. The van der Waals surface area contributed by atoms with Crippen LogP contribution in [0.5, 0.6) is 0 Å². The predicted molar refractivity (Wildman–Crippen MR) is 55.0 cm³/mol. The third kappa shape index (κ3) is 7.28. The zero-order valence-corrected chi connectivity index (χ0v) is 9.30. The van der Waals surface area contributed by atoms with Crippen LogP contribution in [0.25, 0.3) is 0 Å². The summed E-state index contributed by atoms with van der Waals surface area (Å²) in [4.78, 5) is 28.2. The first kappa shape index (κ1) is 12.6. The van der Waals surface area contributed by atoms with E-state index >= 15 is 0 Å². The molecule has 0 aliphatic carbocycles. The van der Waals surface area contributed by atoms with Crippen molar-refractivity contribution in [2.24, 2.45) is 0 Å². The summed E-state index contributed by atoms with van der Waals surface area (Å²) in [5.74, 6) is 0.610. The highest BCUT2D eigenvalue weighted by molar-refractivity contribution is 8.16. The van der Waals surface area contributed by atoms with Gasteiger partial charge in [-0.2, -0.15) is 0 Å². The summed E-state index contributed by atoms with van der Waals surface area (Å²) in [6.07, 6.45) is 0. The van der Waals surface area contributed by atoms with Gasteiger partial charge in [0.1, 0.15) is 0 Å². The van der Waals surface area contributed by atoms with Crippen molar-refractivity contribution in [2.45, 2.75) is 13.8 Å². The van der Waals surface area contributed by atoms with Crippen molar-refractivity contribution in [3.8, 4) is 0 Å². The van der Waals surface area contributed by atoms with Crippen molar-refractivity contribution in [3.63, 3.8) is 0 Å². The van der Waals surface area contributed by atoms with E-state index in [1.54, 1.807) is 0 Å². The lowest BCUT2D eigenvalue weighted by atomic mass is 10.5. The fraction of sp³-hybridized carbons (Fsp3) is 1.00. The minimum absolute atomic E-state index is 0.353. The van der Waals surface area contributed by atoms with Gasteiger partial charge in [0.2, 0.25) is 0 Å². The molecule has 12 heavy (non-hydrogen) atoms. The normalized spacial score (nSPS) is 12.5. The molecule has 0 saturated carbocycles. The second-order valence-corrected chi connectivity index (χ2v) is 6.69. The number of hydrogen-bond acceptors (Lipinski definition) is 1. The zero-order chi connectivity index (χ0) is 9.61. The first-order chi connectivity index (χ1) is 5.49. The van der Waals surface area contributed by atoms with Gasteiger partial charge in [0, 0.05) is 12.3 Å². The Morgan fingerprint density at radius 3 is 2.00 bits per heavy atom. The van der Waals surface area contributed by atoms with E-state index in [9.17, 15) is 0 Å². The van der Waals surface area contributed by atoms with E-state index in [0.717, 1.165) is 19.6 Å². The fourth-order valence-electron chi connectivity index (χ4n) is 0.860. The molecular weight excluding hydrogens is 197 g/mol. The minimum Gasteiger partial charge on any atom is -0.329 e. The van der Waals surface area contributed by atoms with E-state index in [0.29, 0.717) is 16.7 Å². The van der Waals surface area contributed by atoms with Crippen LogP contribution in [0.4, 0.5) is 0 Å². The monoisotopic (exact) mass is 215 g/mol. The molecule has 0 fully saturated rings. The maximum Gasteiger partial charge on any atom is 0.274 e. The van der Waals surface area contributed by atoms with E-state index in [4.69, 9.17) is 14.7 Å². The molecule has 0 saturated heterocycles. The quantitative estimate of drug-likeness (QED) is 0.379. The molecule has 0 aromatic heterocycles. The Labute approximate surface area is 77.1 Å². The summed E-state index contributed by atoms with van der Waals surface area (Å²) < 4.78 is 0. The summed E-state index contributed by atoms with van der Waals surface area (Å²) in [5.41, 5.74) is 0. The smallest absolute Gasteiger partial charge is 0.274 e. The Bertz CT molecular complexity index is 158. The molecule has 6 heteroatoms. The lowest BCUT2D eigenvalue weighted by Crippen LogP contribution is -2.25. The molecule has 3 N–H and O–H groups in total. The van der Waals surface area contributed by atoms with Crippen LogP contribution in [-0.4, -0.2) is 45.0 Å². The SMILES string of the molecule is CCN(CC)CC[SH]=P(O)(O)O. The highest BCUT2D eigenvalue weighted by Crippen LogP contribution is 2.30. The van der Waals surface area contributed by atoms with Crippen molar-refractivity contribution >= 4 is 17.7 Å². The molecule has 0 spiro atoms. The maximum absolute atomic E-state index is 8.67. The van der Waals surface area contributed by atoms with Gasteiger partial charge >= 0.3 is 0 Å². The molecule has 0 aliphatic heterocycles. The van der Waals surface area contributed by atoms with Gasteiger partial charge < -0.3 is 19.6 Å². The van der Waals surface area contributed by atoms with Crippen molar-refractivity contribution in [1.29, 1.82) is 0 Å².